The molecule has 0 nitrogen and oxygen atoms in total. The Morgan fingerprint density at radius 3 is 1.27 bits per heavy atom. The molecule has 1 radical (unpaired) electrons. The van der Waals surface area contributed by atoms with Crippen LogP contribution in [0.25, 0.3) is 0 Å². The van der Waals surface area contributed by atoms with Gasteiger partial charge in [0.15, 0.2) is 0 Å². The molecule has 0 spiro atoms. The van der Waals surface area contributed by atoms with E-state index in [9.17, 15) is 0 Å². The van der Waals surface area contributed by atoms with Crippen LogP contribution in [-0.4, -0.2) is 0 Å². The van der Waals surface area contributed by atoms with Crippen molar-refractivity contribution in [2.75, 3.05) is 0 Å². The first-order valence-corrected chi connectivity index (χ1v) is 6.12. The van der Waals surface area contributed by atoms with Crippen LogP contribution in [0.1, 0.15) is 0 Å². The van der Waals surface area contributed by atoms with Crippen molar-refractivity contribution in [1.82, 2.24) is 0 Å². The Bertz CT molecular complexity index is 391. The number of halogens is 2. The lowest BCUT2D eigenvalue weighted by molar-refractivity contribution is 1.75. The molecule has 0 aromatic heterocycles. The predicted molar refractivity (Wildman–Crippen MR) is 69.1 cm³/mol. The first kappa shape index (κ1) is 11.0. The highest BCUT2D eigenvalue weighted by molar-refractivity contribution is 7.55. The molecule has 2 aromatic carbocycles. The van der Waals surface area contributed by atoms with Crippen LogP contribution in [0.5, 0.6) is 0 Å². The second kappa shape index (κ2) is 4.99. The van der Waals surface area contributed by atoms with E-state index < -0.39 is 0 Å². The van der Waals surface area contributed by atoms with Gasteiger partial charge in [0, 0.05) is 10.0 Å². The molecule has 0 heterocycles. The Morgan fingerprint density at radius 2 is 0.933 bits per heavy atom. The molecule has 0 bridgehead atoms. The summed E-state index contributed by atoms with van der Waals surface area (Å²) in [6.45, 7) is 0. The number of benzene rings is 2. The molecular formula is C12H8Cl2P. The van der Waals surface area contributed by atoms with Gasteiger partial charge in [-0.1, -0.05) is 47.5 Å². The van der Waals surface area contributed by atoms with Crippen molar-refractivity contribution in [3.05, 3.63) is 58.6 Å². The van der Waals surface area contributed by atoms with E-state index in [0.29, 0.717) is 0 Å². The number of rotatable bonds is 2. The quantitative estimate of drug-likeness (QED) is 0.713. The number of hydrogen-bond donors (Lipinski definition) is 0. The first-order valence-electron chi connectivity index (χ1n) is 4.47. The molecule has 2 aromatic rings. The molecule has 0 saturated carbocycles. The molecule has 0 fully saturated rings. The fraction of sp³-hybridized carbons (Fsp3) is 0. The van der Waals surface area contributed by atoms with Crippen molar-refractivity contribution in [3.63, 3.8) is 0 Å². The van der Waals surface area contributed by atoms with E-state index >= 15 is 0 Å². The van der Waals surface area contributed by atoms with Crippen molar-refractivity contribution < 1.29 is 0 Å². The summed E-state index contributed by atoms with van der Waals surface area (Å²) in [6.07, 6.45) is 0. The molecule has 0 aliphatic rings. The van der Waals surface area contributed by atoms with Gasteiger partial charge in [-0.3, -0.25) is 0 Å². The summed E-state index contributed by atoms with van der Waals surface area (Å²) in [5.74, 6) is 0. The Labute approximate surface area is 101 Å². The third kappa shape index (κ3) is 3.21. The van der Waals surface area contributed by atoms with E-state index in [1.807, 2.05) is 48.5 Å². The molecule has 0 amide bonds. The smallest absolute Gasteiger partial charge is 0.0406 e. The molecule has 75 valence electrons. The minimum atomic E-state index is 0.769. The van der Waals surface area contributed by atoms with Crippen molar-refractivity contribution in [2.45, 2.75) is 0 Å². The summed E-state index contributed by atoms with van der Waals surface area (Å²) in [6, 6.07) is 15.7. The van der Waals surface area contributed by atoms with Crippen LogP contribution in [0.4, 0.5) is 0 Å². The highest BCUT2D eigenvalue weighted by atomic mass is 35.5. The second-order valence-electron chi connectivity index (χ2n) is 3.06. The van der Waals surface area contributed by atoms with Crippen LogP contribution >= 0.6 is 31.8 Å². The Kier molecular flexibility index (Phi) is 3.64. The molecule has 0 saturated heterocycles. The van der Waals surface area contributed by atoms with E-state index in [0.717, 1.165) is 10.0 Å². The Hall–Kier alpha value is -0.550. The third-order valence-corrected chi connectivity index (χ3v) is 3.53. The molecule has 0 aliphatic carbocycles. The molecule has 0 atom stereocenters. The van der Waals surface area contributed by atoms with Crippen molar-refractivity contribution in [2.24, 2.45) is 0 Å². The van der Waals surface area contributed by atoms with Crippen molar-refractivity contribution in [1.29, 1.82) is 0 Å². The lowest BCUT2D eigenvalue weighted by Crippen LogP contribution is -2.01. The van der Waals surface area contributed by atoms with Gasteiger partial charge in [0.1, 0.15) is 0 Å². The van der Waals surface area contributed by atoms with Crippen LogP contribution in [-0.2, 0) is 0 Å². The zero-order valence-electron chi connectivity index (χ0n) is 7.82. The molecule has 0 unspecified atom stereocenters. The summed E-state index contributed by atoms with van der Waals surface area (Å²) < 4.78 is 0. The average Bonchev–Trinajstić information content (AvgIpc) is 2.25. The zero-order valence-corrected chi connectivity index (χ0v) is 10.2. The molecule has 0 aliphatic heterocycles. The largest absolute Gasteiger partial charge is 0.0843 e. The van der Waals surface area contributed by atoms with Crippen molar-refractivity contribution in [3.8, 4) is 0 Å². The van der Waals surface area contributed by atoms with Gasteiger partial charge in [-0.2, -0.15) is 0 Å². The van der Waals surface area contributed by atoms with Crippen LogP contribution in [0.3, 0.4) is 0 Å². The van der Waals surface area contributed by atoms with Gasteiger partial charge in [-0.25, -0.2) is 0 Å². The summed E-state index contributed by atoms with van der Waals surface area (Å²) in [7, 11) is 1.17. The van der Waals surface area contributed by atoms with Gasteiger partial charge < -0.3 is 0 Å². The normalized spacial score (nSPS) is 10.3. The lowest BCUT2D eigenvalue weighted by atomic mass is 10.4. The van der Waals surface area contributed by atoms with E-state index in [-0.39, 0.29) is 0 Å². The fourth-order valence-corrected chi connectivity index (χ4v) is 2.33. The van der Waals surface area contributed by atoms with E-state index in [1.165, 1.54) is 19.2 Å². The van der Waals surface area contributed by atoms with E-state index in [2.05, 4.69) is 0 Å². The Morgan fingerprint density at radius 1 is 0.600 bits per heavy atom. The minimum absolute atomic E-state index is 0.769. The molecule has 2 rings (SSSR count). The maximum Gasteiger partial charge on any atom is 0.0406 e. The Balaban J connectivity index is 2.15. The van der Waals surface area contributed by atoms with Gasteiger partial charge in [0.2, 0.25) is 0 Å². The SMILES string of the molecule is Clc1ccc([P]c2ccc(Cl)cc2)cc1. The monoisotopic (exact) mass is 253 g/mol. The summed E-state index contributed by atoms with van der Waals surface area (Å²) in [4.78, 5) is 0. The molecule has 15 heavy (non-hydrogen) atoms. The van der Waals surface area contributed by atoms with Crippen LogP contribution in [0.15, 0.2) is 48.5 Å². The number of hydrogen-bond acceptors (Lipinski definition) is 0. The van der Waals surface area contributed by atoms with Gasteiger partial charge in [0.25, 0.3) is 0 Å². The van der Waals surface area contributed by atoms with Gasteiger partial charge in [-0.15, -0.1) is 0 Å². The summed E-state index contributed by atoms with van der Waals surface area (Å²) in [5, 5.41) is 3.98. The summed E-state index contributed by atoms with van der Waals surface area (Å²) >= 11 is 11.6. The lowest BCUT2D eigenvalue weighted by Gasteiger charge is -2.01. The van der Waals surface area contributed by atoms with E-state index in [4.69, 9.17) is 23.2 Å². The molecule has 3 heteroatoms. The zero-order chi connectivity index (χ0) is 10.7. The topological polar surface area (TPSA) is 0 Å². The third-order valence-electron chi connectivity index (χ3n) is 1.91. The maximum atomic E-state index is 5.81. The highest BCUT2D eigenvalue weighted by Gasteiger charge is 1.97. The van der Waals surface area contributed by atoms with Crippen LogP contribution in [0.2, 0.25) is 10.0 Å². The second-order valence-corrected chi connectivity index (χ2v) is 5.19. The maximum absolute atomic E-state index is 5.81. The minimum Gasteiger partial charge on any atom is -0.0843 e. The fourth-order valence-electron chi connectivity index (χ4n) is 1.18. The van der Waals surface area contributed by atoms with E-state index in [1.54, 1.807) is 0 Å². The van der Waals surface area contributed by atoms with Gasteiger partial charge in [0.05, 0.1) is 0 Å². The first-order chi connectivity index (χ1) is 7.24. The van der Waals surface area contributed by atoms with Gasteiger partial charge >= 0.3 is 0 Å². The van der Waals surface area contributed by atoms with Crippen molar-refractivity contribution >= 4 is 42.4 Å². The van der Waals surface area contributed by atoms with Gasteiger partial charge in [-0.05, 0) is 43.5 Å². The average molecular weight is 254 g/mol. The molecule has 0 N–H and O–H groups in total. The predicted octanol–water partition coefficient (Wildman–Crippen LogP) is 3.89. The molecular weight excluding hydrogens is 246 g/mol. The highest BCUT2D eigenvalue weighted by Crippen LogP contribution is 2.14. The van der Waals surface area contributed by atoms with Crippen LogP contribution < -0.4 is 10.6 Å². The summed E-state index contributed by atoms with van der Waals surface area (Å²) in [5.41, 5.74) is 0. The standard InChI is InChI=1S/C12H8Cl2P/c13-9-1-5-11(6-2-9)15-12-7-3-10(14)4-8-12/h1-8H. The van der Waals surface area contributed by atoms with Crippen LogP contribution in [0, 0.1) is 0 Å².